The van der Waals surface area contributed by atoms with E-state index in [1.165, 1.54) is 11.8 Å². The third-order valence-corrected chi connectivity index (χ3v) is 10.2. The van der Waals surface area contributed by atoms with E-state index in [0.717, 1.165) is 5.56 Å². The molecule has 2 heterocycles. The topological polar surface area (TPSA) is 178 Å². The Balaban J connectivity index is 1.47. The van der Waals surface area contributed by atoms with Gasteiger partial charge in [-0.05, 0) is 76.6 Å². The maximum atomic E-state index is 13.8. The Morgan fingerprint density at radius 2 is 1.71 bits per heavy atom. The van der Waals surface area contributed by atoms with Crippen molar-refractivity contribution in [1.29, 1.82) is 0 Å². The number of aliphatic hydroxyl groups is 1. The van der Waals surface area contributed by atoms with Crippen molar-refractivity contribution in [2.75, 3.05) is 39.3 Å². The molecular formula is C39H57N2O13P. The average molecular weight is 793 g/mol. The third kappa shape index (κ3) is 14.4. The van der Waals surface area contributed by atoms with Gasteiger partial charge in [0.1, 0.15) is 17.5 Å². The lowest BCUT2D eigenvalue weighted by Gasteiger charge is -2.32. The highest BCUT2D eigenvalue weighted by Crippen LogP contribution is 2.50. The number of amides is 2. The molecule has 1 unspecified atom stereocenters. The lowest BCUT2D eigenvalue weighted by atomic mass is 10.0. The number of aliphatic hydroxyl groups excluding tert-OH is 1. The maximum Gasteiger partial charge on any atom is 0.410 e. The number of fused-ring (bicyclic) bond motifs is 1. The molecule has 0 aliphatic carbocycles. The van der Waals surface area contributed by atoms with E-state index in [9.17, 15) is 24.1 Å². The predicted molar refractivity (Wildman–Crippen MR) is 201 cm³/mol. The molecule has 2 aliphatic heterocycles. The van der Waals surface area contributed by atoms with Gasteiger partial charge >= 0.3 is 25.8 Å². The minimum absolute atomic E-state index is 0.0412. The van der Waals surface area contributed by atoms with Crippen molar-refractivity contribution in [3.05, 3.63) is 65.7 Å². The summed E-state index contributed by atoms with van der Waals surface area (Å²) in [4.78, 5) is 40.1. The van der Waals surface area contributed by atoms with Crippen molar-refractivity contribution in [2.24, 2.45) is 11.8 Å². The smallest absolute Gasteiger partial charge is 0.410 e. The summed E-state index contributed by atoms with van der Waals surface area (Å²) in [6.07, 6.45) is -4.26. The molecule has 16 heteroatoms. The van der Waals surface area contributed by atoms with Gasteiger partial charge in [-0.3, -0.25) is 9.09 Å². The number of nitrogens with one attached hydrogen (secondary N) is 1. The van der Waals surface area contributed by atoms with Gasteiger partial charge in [-0.25, -0.2) is 14.4 Å². The molecule has 2 aromatic carbocycles. The van der Waals surface area contributed by atoms with E-state index in [4.69, 9.17) is 37.5 Å². The van der Waals surface area contributed by atoms with Gasteiger partial charge in [-0.1, -0.05) is 56.3 Å². The van der Waals surface area contributed by atoms with Gasteiger partial charge in [0.2, 0.25) is 0 Å². The summed E-state index contributed by atoms with van der Waals surface area (Å²) in [7, 11) is -3.99. The van der Waals surface area contributed by atoms with Crippen LogP contribution in [0.4, 0.5) is 9.59 Å². The molecule has 55 heavy (non-hydrogen) atoms. The zero-order valence-corrected chi connectivity index (χ0v) is 33.7. The molecular weight excluding hydrogens is 735 g/mol. The highest BCUT2D eigenvalue weighted by Gasteiger charge is 2.44. The van der Waals surface area contributed by atoms with Crippen LogP contribution in [-0.4, -0.2) is 104 Å². The SMILES string of the molecule is CCOC(=O)[C@H](C)OP(=O)(COc1ccc(C[C@H](NC(=O)O[C@H]2CO[C@H]3OCC[C@H]32)[C@H](O)CN(CC(C)C)C(=O)OC(C)(C)C)cc1)OCc1ccccc1. The zero-order valence-electron chi connectivity index (χ0n) is 32.8. The normalized spacial score (nSPS) is 20.8. The van der Waals surface area contributed by atoms with Crippen LogP contribution in [0.1, 0.15) is 66.0 Å². The van der Waals surface area contributed by atoms with Gasteiger partial charge in [0.25, 0.3) is 0 Å². The van der Waals surface area contributed by atoms with Crippen LogP contribution >= 0.6 is 7.60 Å². The summed E-state index contributed by atoms with van der Waals surface area (Å²) in [5.74, 6) is -0.360. The number of esters is 1. The van der Waals surface area contributed by atoms with Gasteiger partial charge < -0.3 is 48.3 Å². The Labute approximate surface area is 323 Å². The summed E-state index contributed by atoms with van der Waals surface area (Å²) in [6.45, 7) is 13.3. The fourth-order valence-electron chi connectivity index (χ4n) is 6.02. The van der Waals surface area contributed by atoms with E-state index >= 15 is 0 Å². The van der Waals surface area contributed by atoms with Crippen molar-refractivity contribution in [2.45, 2.75) is 104 Å². The van der Waals surface area contributed by atoms with E-state index < -0.39 is 68.3 Å². The van der Waals surface area contributed by atoms with E-state index in [-0.39, 0.29) is 44.6 Å². The summed E-state index contributed by atoms with van der Waals surface area (Å²) < 4.78 is 58.5. The molecule has 2 aliphatic rings. The second-order valence-corrected chi connectivity index (χ2v) is 17.0. The van der Waals surface area contributed by atoms with Crippen LogP contribution in [0.2, 0.25) is 0 Å². The molecule has 7 atom stereocenters. The largest absolute Gasteiger partial charge is 0.481 e. The standard InChI is InChI=1S/C39H57N2O13P/c1-8-47-35(43)27(4)54-55(46,51-23-29-12-10-9-11-13-29)25-50-30-16-14-28(15-17-30)20-32(40-37(44)52-34-24-49-36-31(34)18-19-48-36)33(42)22-41(21-26(2)3)38(45)53-39(5,6)7/h9-17,26-27,31-34,36,42H,8,18-25H2,1-7H3,(H,40,44)/t27-,31-,32-,33+,34-,36+,55?/m0/s1. The summed E-state index contributed by atoms with van der Waals surface area (Å²) >= 11 is 0. The Morgan fingerprint density at radius 3 is 2.36 bits per heavy atom. The van der Waals surface area contributed by atoms with Gasteiger partial charge in [0.15, 0.2) is 18.7 Å². The zero-order chi connectivity index (χ0) is 40.2. The number of nitrogens with zero attached hydrogens (tertiary/aromatic N) is 1. The van der Waals surface area contributed by atoms with Gasteiger partial charge in [0, 0.05) is 6.54 Å². The number of alkyl carbamates (subject to hydrolysis) is 1. The molecule has 306 valence electrons. The Kier molecular flexibility index (Phi) is 16.4. The van der Waals surface area contributed by atoms with E-state index in [1.54, 1.807) is 64.1 Å². The quantitative estimate of drug-likeness (QED) is 0.0955. The average Bonchev–Trinajstić information content (AvgIpc) is 3.75. The minimum atomic E-state index is -3.99. The van der Waals surface area contributed by atoms with Gasteiger partial charge in [-0.2, -0.15) is 0 Å². The number of ether oxygens (including phenoxy) is 6. The lowest BCUT2D eigenvalue weighted by molar-refractivity contribution is -0.151. The molecule has 0 spiro atoms. The van der Waals surface area contributed by atoms with Crippen LogP contribution in [0.5, 0.6) is 5.75 Å². The number of carbonyl (C=O) groups excluding carboxylic acids is 3. The monoisotopic (exact) mass is 792 g/mol. The number of carbonyl (C=O) groups is 3. The fourth-order valence-corrected chi connectivity index (χ4v) is 7.43. The number of hydrogen-bond acceptors (Lipinski definition) is 13. The number of hydrogen-bond donors (Lipinski definition) is 2. The highest BCUT2D eigenvalue weighted by atomic mass is 31.2. The lowest BCUT2D eigenvalue weighted by Crippen LogP contribution is -2.52. The van der Waals surface area contributed by atoms with E-state index in [0.29, 0.717) is 30.9 Å². The molecule has 0 radical (unpaired) electrons. The summed E-state index contributed by atoms with van der Waals surface area (Å²) in [5.41, 5.74) is 0.703. The van der Waals surface area contributed by atoms with Crippen LogP contribution < -0.4 is 10.1 Å². The first-order chi connectivity index (χ1) is 26.0. The number of rotatable bonds is 19. The first-order valence-electron chi connectivity index (χ1n) is 18.7. The second-order valence-electron chi connectivity index (χ2n) is 15.1. The van der Waals surface area contributed by atoms with Crippen LogP contribution in [0, 0.1) is 11.8 Å². The fraction of sp³-hybridized carbons (Fsp3) is 0.615. The molecule has 4 rings (SSSR count). The molecule has 15 nitrogen and oxygen atoms in total. The van der Waals surface area contributed by atoms with Gasteiger partial charge in [-0.15, -0.1) is 0 Å². The maximum absolute atomic E-state index is 13.8. The molecule has 2 saturated heterocycles. The van der Waals surface area contributed by atoms with Crippen LogP contribution in [0.15, 0.2) is 54.6 Å². The number of benzene rings is 2. The minimum Gasteiger partial charge on any atom is -0.481 e. The second kappa shape index (κ2) is 20.4. The van der Waals surface area contributed by atoms with Crippen molar-refractivity contribution in [1.82, 2.24) is 10.2 Å². The Bertz CT molecular complexity index is 1570. The van der Waals surface area contributed by atoms with E-state index in [2.05, 4.69) is 5.32 Å². The summed E-state index contributed by atoms with van der Waals surface area (Å²) in [5, 5.41) is 14.4. The highest BCUT2D eigenvalue weighted by molar-refractivity contribution is 7.53. The van der Waals surface area contributed by atoms with Gasteiger partial charge in [0.05, 0.1) is 51.0 Å². The van der Waals surface area contributed by atoms with Crippen molar-refractivity contribution in [3.63, 3.8) is 0 Å². The van der Waals surface area contributed by atoms with Crippen molar-refractivity contribution < 1.29 is 61.5 Å². The van der Waals surface area contributed by atoms with Crippen molar-refractivity contribution >= 4 is 25.8 Å². The molecule has 2 amide bonds. The van der Waals surface area contributed by atoms with E-state index in [1.807, 2.05) is 32.0 Å². The molecule has 0 bridgehead atoms. The molecule has 0 saturated carbocycles. The molecule has 2 fully saturated rings. The Hall–Kier alpha value is -3.72. The predicted octanol–water partition coefficient (Wildman–Crippen LogP) is 6.05. The van der Waals surface area contributed by atoms with Crippen LogP contribution in [0.25, 0.3) is 0 Å². The van der Waals surface area contributed by atoms with Crippen LogP contribution in [-0.2, 0) is 55.1 Å². The first kappa shape index (κ1) is 44.0. The Morgan fingerprint density at radius 1 is 1.00 bits per heavy atom. The summed E-state index contributed by atoms with van der Waals surface area (Å²) in [6, 6.07) is 14.9. The molecule has 2 aromatic rings. The van der Waals surface area contributed by atoms with Crippen molar-refractivity contribution in [3.8, 4) is 5.75 Å². The third-order valence-electron chi connectivity index (χ3n) is 8.63. The molecule has 0 aromatic heterocycles. The molecule has 2 N–H and O–H groups in total. The first-order valence-corrected chi connectivity index (χ1v) is 20.5. The van der Waals surface area contributed by atoms with Crippen LogP contribution in [0.3, 0.4) is 0 Å².